The molecule has 0 aromatic carbocycles. The van der Waals surface area contributed by atoms with Gasteiger partial charge in [0.25, 0.3) is 0 Å². The molecule has 4 saturated carbocycles. The highest BCUT2D eigenvalue weighted by atomic mass is 19.1. The number of hydrogen-bond donors (Lipinski definition) is 1. The van der Waals surface area contributed by atoms with Crippen LogP contribution in [0, 0.1) is 41.4 Å². The molecule has 3 heteroatoms. The van der Waals surface area contributed by atoms with Gasteiger partial charge in [-0.3, -0.25) is 4.79 Å². The number of Topliss-reactive ketones (excluding diaryl/α,β-unsaturated/α-hetero) is 1. The lowest BCUT2D eigenvalue weighted by Gasteiger charge is -2.54. The Hall–Kier alpha value is -0.440. The Morgan fingerprint density at radius 3 is 2.30 bits per heavy atom. The van der Waals surface area contributed by atoms with Gasteiger partial charge in [0.15, 0.2) is 0 Å². The van der Waals surface area contributed by atoms with Gasteiger partial charge in [-0.25, -0.2) is 4.39 Å². The standard InChI is InChI=1S/C20H31FO2/c1-12(22)14-4-5-19-16(14)6-7-17-15-8-9-20(23,11-21)10-13(15)2-3-18(17)19/h13-19,23H,2-11H2,1H3/t13-,14-,15+,16-,17-,18-,19-,20+/m1/s1. The second kappa shape index (κ2) is 5.82. The molecule has 0 aromatic rings. The fourth-order valence-electron chi connectivity index (χ4n) is 7.25. The topological polar surface area (TPSA) is 37.3 Å². The van der Waals surface area contributed by atoms with Gasteiger partial charge < -0.3 is 5.11 Å². The first-order valence-electron chi connectivity index (χ1n) is 9.81. The van der Waals surface area contributed by atoms with Crippen LogP contribution in [0.15, 0.2) is 0 Å². The van der Waals surface area contributed by atoms with Gasteiger partial charge in [0.2, 0.25) is 0 Å². The number of fused-ring (bicyclic) bond motifs is 5. The molecule has 0 heterocycles. The first kappa shape index (κ1) is 16.1. The second-order valence-electron chi connectivity index (χ2n) is 9.13. The highest BCUT2D eigenvalue weighted by Crippen LogP contribution is 2.59. The molecule has 4 rings (SSSR count). The molecule has 130 valence electrons. The largest absolute Gasteiger partial charge is 0.387 e. The number of ketones is 1. The van der Waals surface area contributed by atoms with Crippen molar-refractivity contribution in [2.24, 2.45) is 41.4 Å². The zero-order valence-corrected chi connectivity index (χ0v) is 14.3. The van der Waals surface area contributed by atoms with Crippen molar-refractivity contribution < 1.29 is 14.3 Å². The lowest BCUT2D eigenvalue weighted by Crippen LogP contribution is -2.49. The highest BCUT2D eigenvalue weighted by molar-refractivity contribution is 5.79. The zero-order valence-electron chi connectivity index (χ0n) is 14.3. The van der Waals surface area contributed by atoms with Gasteiger partial charge in [-0.1, -0.05) is 0 Å². The van der Waals surface area contributed by atoms with Crippen molar-refractivity contribution in [3.63, 3.8) is 0 Å². The van der Waals surface area contributed by atoms with Crippen molar-refractivity contribution in [3.8, 4) is 0 Å². The predicted octanol–water partition coefficient (Wildman–Crippen LogP) is 4.15. The molecule has 2 nitrogen and oxygen atoms in total. The maximum absolute atomic E-state index is 13.2. The number of carbonyl (C=O) groups is 1. The molecule has 8 atom stereocenters. The van der Waals surface area contributed by atoms with Crippen LogP contribution in [0.4, 0.5) is 4.39 Å². The van der Waals surface area contributed by atoms with E-state index >= 15 is 0 Å². The van der Waals surface area contributed by atoms with Crippen LogP contribution >= 0.6 is 0 Å². The average molecular weight is 322 g/mol. The summed E-state index contributed by atoms with van der Waals surface area (Å²) in [6.45, 7) is 1.21. The van der Waals surface area contributed by atoms with E-state index in [4.69, 9.17) is 0 Å². The summed E-state index contributed by atoms with van der Waals surface area (Å²) in [5.41, 5.74) is -1.03. The van der Waals surface area contributed by atoms with Gasteiger partial charge in [-0.15, -0.1) is 0 Å². The first-order valence-corrected chi connectivity index (χ1v) is 9.81. The highest BCUT2D eigenvalue weighted by Gasteiger charge is 2.53. The van der Waals surface area contributed by atoms with Gasteiger partial charge in [0, 0.05) is 5.92 Å². The van der Waals surface area contributed by atoms with Crippen LogP contribution in [0.1, 0.15) is 64.7 Å². The van der Waals surface area contributed by atoms with Gasteiger partial charge in [-0.05, 0) is 100 Å². The smallest absolute Gasteiger partial charge is 0.133 e. The molecule has 4 aliphatic carbocycles. The lowest BCUT2D eigenvalue weighted by molar-refractivity contribution is -0.124. The maximum atomic E-state index is 13.2. The second-order valence-corrected chi connectivity index (χ2v) is 9.13. The van der Waals surface area contributed by atoms with E-state index in [0.29, 0.717) is 42.3 Å². The molecule has 0 amide bonds. The van der Waals surface area contributed by atoms with Crippen molar-refractivity contribution in [1.29, 1.82) is 0 Å². The number of aliphatic hydroxyl groups is 1. The Morgan fingerprint density at radius 1 is 0.957 bits per heavy atom. The van der Waals surface area contributed by atoms with Gasteiger partial charge in [-0.2, -0.15) is 0 Å². The van der Waals surface area contributed by atoms with E-state index in [1.165, 1.54) is 32.1 Å². The summed E-state index contributed by atoms with van der Waals surface area (Å²) in [6.07, 6.45) is 9.63. The predicted molar refractivity (Wildman–Crippen MR) is 87.6 cm³/mol. The molecule has 0 radical (unpaired) electrons. The minimum atomic E-state index is -1.03. The lowest BCUT2D eigenvalue weighted by atomic mass is 9.52. The van der Waals surface area contributed by atoms with E-state index in [1.807, 2.05) is 0 Å². The number of halogens is 1. The van der Waals surface area contributed by atoms with Crippen LogP contribution in [0.25, 0.3) is 0 Å². The Morgan fingerprint density at radius 2 is 1.57 bits per heavy atom. The summed E-state index contributed by atoms with van der Waals surface area (Å²) in [5.74, 6) is 4.99. The average Bonchev–Trinajstić information content (AvgIpc) is 2.98. The Kier molecular flexibility index (Phi) is 4.06. The molecule has 0 unspecified atom stereocenters. The number of carbonyl (C=O) groups excluding carboxylic acids is 1. The molecule has 0 bridgehead atoms. The van der Waals surface area contributed by atoms with Crippen LogP contribution in [0.5, 0.6) is 0 Å². The van der Waals surface area contributed by atoms with Crippen molar-refractivity contribution in [3.05, 3.63) is 0 Å². The monoisotopic (exact) mass is 322 g/mol. The van der Waals surface area contributed by atoms with Crippen LogP contribution in [-0.2, 0) is 4.79 Å². The van der Waals surface area contributed by atoms with Crippen molar-refractivity contribution in [2.75, 3.05) is 6.67 Å². The SMILES string of the molecule is CC(=O)[C@H]1CC[C@H]2[C@@H]3CC[C@@H]4C[C@](O)(CF)CC[C@@H]4[C@H]3CC[C@@H]21. The van der Waals surface area contributed by atoms with Crippen LogP contribution in [0.2, 0.25) is 0 Å². The fraction of sp³-hybridized carbons (Fsp3) is 0.950. The molecule has 0 aromatic heterocycles. The summed E-state index contributed by atoms with van der Waals surface area (Å²) in [6, 6.07) is 0. The summed E-state index contributed by atoms with van der Waals surface area (Å²) in [7, 11) is 0. The van der Waals surface area contributed by atoms with Crippen LogP contribution in [0.3, 0.4) is 0 Å². The van der Waals surface area contributed by atoms with Crippen molar-refractivity contribution in [2.45, 2.75) is 70.3 Å². The van der Waals surface area contributed by atoms with Crippen LogP contribution in [-0.4, -0.2) is 23.2 Å². The van der Waals surface area contributed by atoms with Crippen LogP contribution < -0.4 is 0 Å². The zero-order chi connectivity index (χ0) is 16.2. The third kappa shape index (κ3) is 2.58. The number of hydrogen-bond acceptors (Lipinski definition) is 2. The molecule has 0 spiro atoms. The Bertz CT molecular complexity index is 478. The summed E-state index contributed by atoms with van der Waals surface area (Å²) in [5, 5.41) is 10.3. The molecule has 1 N–H and O–H groups in total. The van der Waals surface area contributed by atoms with E-state index < -0.39 is 12.3 Å². The van der Waals surface area contributed by atoms with E-state index in [-0.39, 0.29) is 0 Å². The first-order chi connectivity index (χ1) is 11.0. The van der Waals surface area contributed by atoms with Gasteiger partial charge >= 0.3 is 0 Å². The van der Waals surface area contributed by atoms with E-state index in [9.17, 15) is 14.3 Å². The summed E-state index contributed by atoms with van der Waals surface area (Å²) < 4.78 is 13.2. The number of rotatable bonds is 2. The van der Waals surface area contributed by atoms with Gasteiger partial charge in [0.1, 0.15) is 12.5 Å². The van der Waals surface area contributed by atoms with E-state index in [0.717, 1.165) is 30.6 Å². The van der Waals surface area contributed by atoms with Gasteiger partial charge in [0.05, 0.1) is 5.60 Å². The number of alkyl halides is 1. The van der Waals surface area contributed by atoms with Crippen molar-refractivity contribution >= 4 is 5.78 Å². The molecular formula is C20H31FO2. The third-order valence-corrected chi connectivity index (χ3v) is 8.19. The molecule has 4 aliphatic rings. The minimum Gasteiger partial charge on any atom is -0.387 e. The van der Waals surface area contributed by atoms with E-state index in [2.05, 4.69) is 0 Å². The summed E-state index contributed by atoms with van der Waals surface area (Å²) >= 11 is 0. The molecule has 23 heavy (non-hydrogen) atoms. The molecule has 0 aliphatic heterocycles. The molecule has 0 saturated heterocycles. The third-order valence-electron chi connectivity index (χ3n) is 8.19. The summed E-state index contributed by atoms with van der Waals surface area (Å²) in [4.78, 5) is 11.9. The Balaban J connectivity index is 1.49. The minimum absolute atomic E-state index is 0.335. The normalized spacial score (nSPS) is 52.4. The van der Waals surface area contributed by atoms with E-state index in [1.54, 1.807) is 6.92 Å². The fourth-order valence-corrected chi connectivity index (χ4v) is 7.25. The van der Waals surface area contributed by atoms with Crippen molar-refractivity contribution in [1.82, 2.24) is 0 Å². The molecular weight excluding hydrogens is 291 g/mol. The maximum Gasteiger partial charge on any atom is 0.133 e. The quantitative estimate of drug-likeness (QED) is 0.829. The molecule has 4 fully saturated rings. The Labute approximate surface area is 139 Å².